The van der Waals surface area contributed by atoms with E-state index in [0.29, 0.717) is 22.7 Å². The Hall–Kier alpha value is -3.00. The van der Waals surface area contributed by atoms with E-state index in [9.17, 15) is 4.79 Å². The standard InChI is InChI=1S/C17H14N2O3/c1-11-7-13(9-18)3-5-15(11)19(12(2)20)14-4-6-16-17(8-14)22-10-21-16/h3-8H,10H2,1-2H3. The van der Waals surface area contributed by atoms with Gasteiger partial charge >= 0.3 is 0 Å². The zero-order chi connectivity index (χ0) is 15.7. The van der Waals surface area contributed by atoms with Crippen LogP contribution >= 0.6 is 0 Å². The number of rotatable bonds is 2. The van der Waals surface area contributed by atoms with E-state index < -0.39 is 0 Å². The fourth-order valence-electron chi connectivity index (χ4n) is 2.49. The molecule has 3 rings (SSSR count). The lowest BCUT2D eigenvalue weighted by Crippen LogP contribution is -2.23. The molecule has 0 unspecified atom stereocenters. The smallest absolute Gasteiger partial charge is 0.231 e. The number of benzene rings is 2. The molecule has 0 radical (unpaired) electrons. The van der Waals surface area contributed by atoms with Crippen LogP contribution in [0.25, 0.3) is 0 Å². The van der Waals surface area contributed by atoms with E-state index in [0.717, 1.165) is 11.3 Å². The molecular weight excluding hydrogens is 280 g/mol. The fraction of sp³-hybridized carbons (Fsp3) is 0.176. The molecule has 2 aromatic rings. The Morgan fingerprint density at radius 3 is 2.64 bits per heavy atom. The topological polar surface area (TPSA) is 62.6 Å². The first kappa shape index (κ1) is 14.0. The summed E-state index contributed by atoms with van der Waals surface area (Å²) < 4.78 is 10.7. The van der Waals surface area contributed by atoms with Gasteiger partial charge in [0.1, 0.15) is 0 Å². The zero-order valence-electron chi connectivity index (χ0n) is 12.3. The summed E-state index contributed by atoms with van der Waals surface area (Å²) in [6, 6.07) is 12.7. The summed E-state index contributed by atoms with van der Waals surface area (Å²) in [6.07, 6.45) is 0. The first-order valence-electron chi connectivity index (χ1n) is 6.81. The highest BCUT2D eigenvalue weighted by Gasteiger charge is 2.20. The molecule has 110 valence electrons. The molecule has 0 spiro atoms. The first-order chi connectivity index (χ1) is 10.6. The highest BCUT2D eigenvalue weighted by atomic mass is 16.7. The maximum atomic E-state index is 12.1. The molecule has 0 saturated carbocycles. The Balaban J connectivity index is 2.07. The Morgan fingerprint density at radius 1 is 1.18 bits per heavy atom. The summed E-state index contributed by atoms with van der Waals surface area (Å²) >= 11 is 0. The van der Waals surface area contributed by atoms with Gasteiger partial charge in [0.2, 0.25) is 12.7 Å². The van der Waals surface area contributed by atoms with Crippen LogP contribution in [0.5, 0.6) is 11.5 Å². The second-order valence-corrected chi connectivity index (χ2v) is 5.01. The van der Waals surface area contributed by atoms with Gasteiger partial charge in [0.05, 0.1) is 23.0 Å². The van der Waals surface area contributed by atoms with E-state index >= 15 is 0 Å². The number of fused-ring (bicyclic) bond motifs is 1. The van der Waals surface area contributed by atoms with Crippen molar-refractivity contribution >= 4 is 17.3 Å². The van der Waals surface area contributed by atoms with Crippen molar-refractivity contribution in [1.29, 1.82) is 5.26 Å². The van der Waals surface area contributed by atoms with Crippen molar-refractivity contribution in [3.63, 3.8) is 0 Å². The van der Waals surface area contributed by atoms with Crippen molar-refractivity contribution in [3.8, 4) is 17.6 Å². The van der Waals surface area contributed by atoms with Gasteiger partial charge in [0.15, 0.2) is 11.5 Å². The lowest BCUT2D eigenvalue weighted by Gasteiger charge is -2.23. The minimum absolute atomic E-state index is 0.119. The van der Waals surface area contributed by atoms with Gasteiger partial charge in [0.25, 0.3) is 0 Å². The van der Waals surface area contributed by atoms with Crippen molar-refractivity contribution in [1.82, 2.24) is 0 Å². The van der Waals surface area contributed by atoms with Crippen LogP contribution < -0.4 is 14.4 Å². The number of carbonyl (C=O) groups excluding carboxylic acids is 1. The maximum Gasteiger partial charge on any atom is 0.231 e. The number of hydrogen-bond donors (Lipinski definition) is 0. The molecule has 1 aliphatic rings. The van der Waals surface area contributed by atoms with Gasteiger partial charge < -0.3 is 9.47 Å². The second kappa shape index (κ2) is 5.41. The van der Waals surface area contributed by atoms with Crippen LogP contribution in [0.2, 0.25) is 0 Å². The summed E-state index contributed by atoms with van der Waals surface area (Å²) in [4.78, 5) is 13.7. The van der Waals surface area contributed by atoms with Crippen LogP contribution in [0.1, 0.15) is 18.1 Å². The van der Waals surface area contributed by atoms with Crippen molar-refractivity contribution in [2.75, 3.05) is 11.7 Å². The van der Waals surface area contributed by atoms with Crippen molar-refractivity contribution in [2.24, 2.45) is 0 Å². The number of hydrogen-bond acceptors (Lipinski definition) is 4. The summed E-state index contributed by atoms with van der Waals surface area (Å²) in [7, 11) is 0. The van der Waals surface area contributed by atoms with E-state index in [4.69, 9.17) is 14.7 Å². The number of nitrogens with zero attached hydrogens (tertiary/aromatic N) is 2. The van der Waals surface area contributed by atoms with Gasteiger partial charge in [-0.05, 0) is 42.8 Å². The molecule has 5 nitrogen and oxygen atoms in total. The number of ether oxygens (including phenoxy) is 2. The Morgan fingerprint density at radius 2 is 1.95 bits per heavy atom. The quantitative estimate of drug-likeness (QED) is 0.852. The van der Waals surface area contributed by atoms with Gasteiger partial charge in [-0.25, -0.2) is 0 Å². The molecule has 1 aliphatic heterocycles. The molecule has 22 heavy (non-hydrogen) atoms. The predicted octanol–water partition coefficient (Wildman–Crippen LogP) is 3.28. The van der Waals surface area contributed by atoms with Gasteiger partial charge in [-0.15, -0.1) is 0 Å². The minimum atomic E-state index is -0.119. The third-order valence-corrected chi connectivity index (χ3v) is 3.50. The molecule has 0 bridgehead atoms. The molecule has 0 fully saturated rings. The predicted molar refractivity (Wildman–Crippen MR) is 81.3 cm³/mol. The van der Waals surface area contributed by atoms with Gasteiger partial charge in [-0.2, -0.15) is 5.26 Å². The number of aryl methyl sites for hydroxylation is 1. The highest BCUT2D eigenvalue weighted by Crippen LogP contribution is 2.38. The largest absolute Gasteiger partial charge is 0.454 e. The number of amides is 1. The SMILES string of the molecule is CC(=O)N(c1ccc2c(c1)OCO2)c1ccc(C#N)cc1C. The molecule has 0 aromatic heterocycles. The van der Waals surface area contributed by atoms with Crippen LogP contribution in [-0.4, -0.2) is 12.7 Å². The normalized spacial score (nSPS) is 11.9. The zero-order valence-corrected chi connectivity index (χ0v) is 12.3. The Kier molecular flexibility index (Phi) is 3.43. The molecule has 0 atom stereocenters. The molecule has 0 saturated heterocycles. The average Bonchev–Trinajstić information content (AvgIpc) is 2.96. The van der Waals surface area contributed by atoms with E-state index in [2.05, 4.69) is 6.07 Å². The summed E-state index contributed by atoms with van der Waals surface area (Å²) in [5.74, 6) is 1.17. The van der Waals surface area contributed by atoms with E-state index in [1.165, 1.54) is 6.92 Å². The molecular formula is C17H14N2O3. The third-order valence-electron chi connectivity index (χ3n) is 3.50. The molecule has 1 amide bonds. The van der Waals surface area contributed by atoms with Crippen LogP contribution in [0.4, 0.5) is 11.4 Å². The van der Waals surface area contributed by atoms with Crippen LogP contribution in [0.15, 0.2) is 36.4 Å². The van der Waals surface area contributed by atoms with Gasteiger partial charge in [-0.1, -0.05) is 0 Å². The average molecular weight is 294 g/mol. The first-order valence-corrected chi connectivity index (χ1v) is 6.81. The number of carbonyl (C=O) groups is 1. The lowest BCUT2D eigenvalue weighted by atomic mass is 10.1. The Bertz CT molecular complexity index is 793. The molecule has 0 aliphatic carbocycles. The summed E-state index contributed by atoms with van der Waals surface area (Å²) in [6.45, 7) is 3.57. The number of anilines is 2. The van der Waals surface area contributed by atoms with Gasteiger partial charge in [0, 0.05) is 13.0 Å². The summed E-state index contributed by atoms with van der Waals surface area (Å²) in [5.41, 5.74) is 2.86. The van der Waals surface area contributed by atoms with Crippen LogP contribution in [-0.2, 0) is 4.79 Å². The second-order valence-electron chi connectivity index (χ2n) is 5.01. The molecule has 0 N–H and O–H groups in total. The maximum absolute atomic E-state index is 12.1. The van der Waals surface area contributed by atoms with Crippen LogP contribution in [0.3, 0.4) is 0 Å². The highest BCUT2D eigenvalue weighted by molar-refractivity contribution is 6.00. The monoisotopic (exact) mass is 294 g/mol. The molecule has 1 heterocycles. The Labute approximate surface area is 128 Å². The van der Waals surface area contributed by atoms with Crippen molar-refractivity contribution < 1.29 is 14.3 Å². The van der Waals surface area contributed by atoms with Crippen molar-refractivity contribution in [3.05, 3.63) is 47.5 Å². The van der Waals surface area contributed by atoms with E-state index in [-0.39, 0.29) is 12.7 Å². The van der Waals surface area contributed by atoms with Crippen LogP contribution in [0, 0.1) is 18.3 Å². The minimum Gasteiger partial charge on any atom is -0.454 e. The lowest BCUT2D eigenvalue weighted by molar-refractivity contribution is -0.115. The third kappa shape index (κ3) is 2.35. The van der Waals surface area contributed by atoms with Gasteiger partial charge in [-0.3, -0.25) is 9.69 Å². The summed E-state index contributed by atoms with van der Waals surface area (Å²) in [5, 5.41) is 8.96. The molecule has 5 heteroatoms. The number of nitriles is 1. The van der Waals surface area contributed by atoms with E-state index in [1.807, 2.05) is 13.0 Å². The van der Waals surface area contributed by atoms with E-state index in [1.54, 1.807) is 35.2 Å². The molecule has 2 aromatic carbocycles. The van der Waals surface area contributed by atoms with Crippen molar-refractivity contribution in [2.45, 2.75) is 13.8 Å². The fourth-order valence-corrected chi connectivity index (χ4v) is 2.49.